The van der Waals surface area contributed by atoms with Gasteiger partial charge in [0.05, 0.1) is 0 Å². The molecular formula is H4O4P+. The van der Waals surface area contributed by atoms with Crippen LogP contribution in [0.15, 0.2) is 0 Å². The number of rotatable bonds is 0. The molecule has 5 heavy (non-hydrogen) atoms. The summed E-state index contributed by atoms with van der Waals surface area (Å²) in [5, 5.41) is 12.0. The first kappa shape index (κ1) is 8.88. The van der Waals surface area contributed by atoms with Gasteiger partial charge in [-0.1, -0.05) is 0 Å². The molecule has 1 unspecified atom stereocenters. The molecule has 0 aliphatic heterocycles. The Morgan fingerprint density at radius 3 is 1.40 bits per heavy atom. The lowest BCUT2D eigenvalue weighted by Gasteiger charge is -1.25. The van der Waals surface area contributed by atoms with Crippen molar-refractivity contribution < 1.29 is 20.0 Å². The van der Waals surface area contributed by atoms with Crippen molar-refractivity contribution in [3.8, 4) is 0 Å². The molecule has 0 amide bonds. The highest BCUT2D eigenvalue weighted by molar-refractivity contribution is 7.16. The van der Waals surface area contributed by atoms with Crippen LogP contribution in [0.1, 0.15) is 0 Å². The molecule has 32 valence electrons. The van der Waals surface area contributed by atoms with E-state index in [2.05, 4.69) is 0 Å². The fourth-order valence-corrected chi connectivity index (χ4v) is 0. The van der Waals surface area contributed by atoms with Crippen molar-refractivity contribution >= 4 is 8.69 Å². The molecule has 0 aliphatic rings. The molecule has 0 spiro atoms. The summed E-state index contributed by atoms with van der Waals surface area (Å²) in [6.07, 6.45) is 0. The molecule has 0 aromatic heterocycles. The average Bonchev–Trinajstić information content (AvgIpc) is 1.46. The SMILES string of the molecule is O=[PH+]O.OO. The first-order valence-electron chi connectivity index (χ1n) is 0.628. The zero-order valence-electron chi connectivity index (χ0n) is 2.25. The van der Waals surface area contributed by atoms with E-state index in [4.69, 9.17) is 20.0 Å². The molecule has 0 heterocycles. The van der Waals surface area contributed by atoms with E-state index in [0.717, 1.165) is 0 Å². The first-order chi connectivity index (χ1) is 2.41. The highest BCUT2D eigenvalue weighted by atomic mass is 31.1. The zero-order chi connectivity index (χ0) is 4.71. The Morgan fingerprint density at radius 1 is 1.40 bits per heavy atom. The van der Waals surface area contributed by atoms with Crippen LogP contribution in [0.3, 0.4) is 0 Å². The highest BCUT2D eigenvalue weighted by Gasteiger charge is 1.45. The van der Waals surface area contributed by atoms with Crippen LogP contribution >= 0.6 is 8.69 Å². The number of hydrogen-bond donors (Lipinski definition) is 3. The minimum Gasteiger partial charge on any atom is -0.255 e. The molecule has 3 N–H and O–H groups in total. The lowest BCUT2D eigenvalue weighted by molar-refractivity contribution is -0.176. The van der Waals surface area contributed by atoms with Gasteiger partial charge in [0.15, 0.2) is 0 Å². The van der Waals surface area contributed by atoms with Crippen LogP contribution in [-0.2, 0) is 4.57 Å². The summed E-state index contributed by atoms with van der Waals surface area (Å²) in [4.78, 5) is 7.04. The molecular weight excluding hydrogens is 95.0 g/mol. The second kappa shape index (κ2) is 36.8. The maximum atomic E-state index is 8.51. The van der Waals surface area contributed by atoms with E-state index in [-0.39, 0.29) is 0 Å². The van der Waals surface area contributed by atoms with Gasteiger partial charge < -0.3 is 0 Å². The molecule has 0 radical (unpaired) electrons. The van der Waals surface area contributed by atoms with Crippen LogP contribution in [0.25, 0.3) is 0 Å². The Morgan fingerprint density at radius 2 is 1.40 bits per heavy atom. The van der Waals surface area contributed by atoms with Gasteiger partial charge in [-0.2, -0.15) is 4.89 Å². The molecule has 5 heteroatoms. The summed E-state index contributed by atoms with van der Waals surface area (Å²) in [6.45, 7) is 0. The molecule has 0 saturated carbocycles. The summed E-state index contributed by atoms with van der Waals surface area (Å²) in [5.74, 6) is 0. The Bertz CT molecular complexity index is 11.1. The van der Waals surface area contributed by atoms with Crippen molar-refractivity contribution in [1.29, 1.82) is 0 Å². The molecule has 0 fully saturated rings. The zero-order valence-corrected chi connectivity index (χ0v) is 3.25. The van der Waals surface area contributed by atoms with Crippen molar-refractivity contribution in [3.63, 3.8) is 0 Å². The molecule has 0 rings (SSSR count). The minimum atomic E-state index is -1.17. The summed E-state index contributed by atoms with van der Waals surface area (Å²) in [7, 11) is -1.17. The van der Waals surface area contributed by atoms with Gasteiger partial charge in [-0.05, 0) is 4.57 Å². The minimum absolute atomic E-state index is 1.17. The lowest BCUT2D eigenvalue weighted by Crippen LogP contribution is -1.29. The van der Waals surface area contributed by atoms with Crippen LogP contribution < -0.4 is 0 Å². The summed E-state index contributed by atoms with van der Waals surface area (Å²) >= 11 is 0. The first-order valence-corrected chi connectivity index (χ1v) is 1.48. The average molecular weight is 99.0 g/mol. The van der Waals surface area contributed by atoms with Crippen LogP contribution in [0.4, 0.5) is 0 Å². The van der Waals surface area contributed by atoms with Crippen LogP contribution in [0.5, 0.6) is 0 Å². The van der Waals surface area contributed by atoms with Gasteiger partial charge in [0.2, 0.25) is 0 Å². The van der Waals surface area contributed by atoms with Crippen LogP contribution in [-0.4, -0.2) is 15.4 Å². The van der Waals surface area contributed by atoms with E-state index >= 15 is 0 Å². The Balaban J connectivity index is 0. The Kier molecular flexibility index (Phi) is 65.4. The fourth-order valence-electron chi connectivity index (χ4n) is 0. The van der Waals surface area contributed by atoms with Crippen molar-refractivity contribution in [3.05, 3.63) is 0 Å². The van der Waals surface area contributed by atoms with E-state index in [1.807, 2.05) is 0 Å². The van der Waals surface area contributed by atoms with E-state index in [0.29, 0.717) is 0 Å². The van der Waals surface area contributed by atoms with Gasteiger partial charge in [0.1, 0.15) is 0 Å². The topological polar surface area (TPSA) is 77.8 Å². The molecule has 0 aromatic rings. The largest absolute Gasteiger partial charge is 0.491 e. The second-order valence-electron chi connectivity index (χ2n) is 0.0913. The lowest BCUT2D eigenvalue weighted by atomic mass is 15.0. The van der Waals surface area contributed by atoms with Gasteiger partial charge in [0.25, 0.3) is 0 Å². The predicted molar refractivity (Wildman–Crippen MR) is 16.5 cm³/mol. The number of hydrogen-bond acceptors (Lipinski definition) is 3. The van der Waals surface area contributed by atoms with Crippen molar-refractivity contribution in [2.45, 2.75) is 0 Å². The van der Waals surface area contributed by atoms with Crippen LogP contribution in [0, 0.1) is 0 Å². The standard InChI is InChI=1S/HO2P.H2O2/c1-3-2;1-2/h3H;1-2H/p+1. The normalized spacial score (nSPS) is 5.40. The summed E-state index contributed by atoms with van der Waals surface area (Å²) in [6, 6.07) is 0. The smallest absolute Gasteiger partial charge is 0.255 e. The Labute approximate surface area is 29.9 Å². The second-order valence-corrected chi connectivity index (χ2v) is 0.274. The van der Waals surface area contributed by atoms with E-state index in [1.165, 1.54) is 0 Å². The third-order valence-electron chi connectivity index (χ3n) is 0. The Hall–Kier alpha value is -0.0200. The maximum Gasteiger partial charge on any atom is 0.491 e. The van der Waals surface area contributed by atoms with Gasteiger partial charge >= 0.3 is 8.69 Å². The van der Waals surface area contributed by atoms with Crippen molar-refractivity contribution in [2.75, 3.05) is 0 Å². The predicted octanol–water partition coefficient (Wildman–Crippen LogP) is -0.0649. The van der Waals surface area contributed by atoms with Gasteiger partial charge in [-0.15, -0.1) is 0 Å². The third kappa shape index (κ3) is 39000. The van der Waals surface area contributed by atoms with Crippen LogP contribution in [0.2, 0.25) is 0 Å². The fraction of sp³-hybridized carbons (Fsp3) is 0. The van der Waals surface area contributed by atoms with Gasteiger partial charge in [-0.3, -0.25) is 10.5 Å². The highest BCUT2D eigenvalue weighted by Crippen LogP contribution is 1.66. The molecule has 0 aromatic carbocycles. The van der Waals surface area contributed by atoms with Gasteiger partial charge in [0, 0.05) is 0 Å². The molecule has 1 atom stereocenters. The summed E-state index contributed by atoms with van der Waals surface area (Å²) < 4.78 is 8.51. The van der Waals surface area contributed by atoms with Crippen molar-refractivity contribution in [1.82, 2.24) is 0 Å². The third-order valence-corrected chi connectivity index (χ3v) is 0. The maximum absolute atomic E-state index is 8.51. The van der Waals surface area contributed by atoms with E-state index in [9.17, 15) is 0 Å². The van der Waals surface area contributed by atoms with E-state index in [1.54, 1.807) is 0 Å². The summed E-state index contributed by atoms with van der Waals surface area (Å²) in [5.41, 5.74) is 0. The molecule has 0 aliphatic carbocycles. The van der Waals surface area contributed by atoms with Gasteiger partial charge in [-0.25, -0.2) is 0 Å². The quantitative estimate of drug-likeness (QED) is 0.226. The molecule has 4 nitrogen and oxygen atoms in total. The van der Waals surface area contributed by atoms with E-state index < -0.39 is 8.69 Å². The monoisotopic (exact) mass is 99.0 g/mol. The molecule has 0 bridgehead atoms. The van der Waals surface area contributed by atoms with Crippen molar-refractivity contribution in [2.24, 2.45) is 0 Å². The molecule has 0 saturated heterocycles.